The number of methoxy groups -OCH3 is 1. The average Bonchev–Trinajstić information content (AvgIpc) is 3.19. The predicted octanol–water partition coefficient (Wildman–Crippen LogP) is 3.66. The SMILES string of the molecule is COc1ccc2nc(Cl)c(O[C@@H]3C[C@@H](C(=O)O)N(C(=O)C(NC(=O)OC(C)(C)C)C(C)(C)C)C3)nc2c1. The van der Waals surface area contributed by atoms with Gasteiger partial charge in [0.15, 0.2) is 5.15 Å². The molecule has 0 bridgehead atoms. The molecule has 2 amide bonds. The van der Waals surface area contributed by atoms with Gasteiger partial charge in [-0.3, -0.25) is 4.79 Å². The number of halogens is 1. The standard InChI is InChI=1S/C25H33ClN4O7/c1-24(2,3)18(29-23(34)37-25(4,5)6)21(31)30-12-14(11-17(30)22(32)33)36-20-19(26)27-15-9-8-13(35-7)10-16(15)28-20/h8-10,14,17-18H,11-12H2,1-7H3,(H,29,34)(H,32,33)/t14-,17+,18?/m1/s1. The van der Waals surface area contributed by atoms with Gasteiger partial charge in [-0.05, 0) is 38.3 Å². The molecule has 1 fully saturated rings. The van der Waals surface area contributed by atoms with Crippen molar-refractivity contribution in [1.82, 2.24) is 20.2 Å². The number of carbonyl (C=O) groups excluding carboxylic acids is 2. The Labute approximate surface area is 220 Å². The van der Waals surface area contributed by atoms with Crippen LogP contribution in [0.1, 0.15) is 48.0 Å². The highest BCUT2D eigenvalue weighted by molar-refractivity contribution is 6.31. The lowest BCUT2D eigenvalue weighted by atomic mass is 9.85. The molecular formula is C25H33ClN4O7. The number of amides is 2. The monoisotopic (exact) mass is 536 g/mol. The average molecular weight is 537 g/mol. The molecule has 2 heterocycles. The first kappa shape index (κ1) is 28.2. The van der Waals surface area contributed by atoms with Crippen molar-refractivity contribution in [2.75, 3.05) is 13.7 Å². The number of rotatable bonds is 6. The summed E-state index contributed by atoms with van der Waals surface area (Å²) in [5.41, 5.74) is -0.488. The Morgan fingerprint density at radius 2 is 1.81 bits per heavy atom. The van der Waals surface area contributed by atoms with E-state index in [0.29, 0.717) is 16.8 Å². The Balaban J connectivity index is 1.84. The lowest BCUT2D eigenvalue weighted by Gasteiger charge is -2.35. The summed E-state index contributed by atoms with van der Waals surface area (Å²) in [6.45, 7) is 10.4. The zero-order valence-electron chi connectivity index (χ0n) is 22.0. The molecule has 37 heavy (non-hydrogen) atoms. The van der Waals surface area contributed by atoms with Gasteiger partial charge in [0.1, 0.15) is 29.5 Å². The van der Waals surface area contributed by atoms with Gasteiger partial charge in [-0.1, -0.05) is 32.4 Å². The maximum atomic E-state index is 13.6. The first-order chi connectivity index (χ1) is 17.1. The fourth-order valence-corrected chi connectivity index (χ4v) is 4.13. The third kappa shape index (κ3) is 6.91. The van der Waals surface area contributed by atoms with Crippen LogP contribution in [-0.2, 0) is 14.3 Å². The lowest BCUT2D eigenvalue weighted by Crippen LogP contribution is -2.57. The number of carboxylic acids is 1. The van der Waals surface area contributed by atoms with Crippen molar-refractivity contribution in [2.24, 2.45) is 5.41 Å². The zero-order chi connectivity index (χ0) is 27.7. The van der Waals surface area contributed by atoms with Crippen molar-refractivity contribution in [3.8, 4) is 11.6 Å². The van der Waals surface area contributed by atoms with Crippen molar-refractivity contribution >= 4 is 40.6 Å². The Kier molecular flexibility index (Phi) is 8.06. The number of likely N-dealkylation sites (tertiary alicyclic amines) is 1. The van der Waals surface area contributed by atoms with Gasteiger partial charge in [-0.25, -0.2) is 19.6 Å². The smallest absolute Gasteiger partial charge is 0.408 e. The van der Waals surface area contributed by atoms with E-state index in [1.807, 2.05) is 0 Å². The van der Waals surface area contributed by atoms with Crippen LogP contribution < -0.4 is 14.8 Å². The molecule has 0 saturated carbocycles. The van der Waals surface area contributed by atoms with Gasteiger partial charge in [0.2, 0.25) is 5.91 Å². The summed E-state index contributed by atoms with van der Waals surface area (Å²) in [6.07, 6.45) is -1.49. The van der Waals surface area contributed by atoms with Crippen LogP contribution in [0.5, 0.6) is 11.6 Å². The van der Waals surface area contributed by atoms with Gasteiger partial charge in [0, 0.05) is 12.5 Å². The van der Waals surface area contributed by atoms with E-state index in [1.165, 1.54) is 12.0 Å². The quantitative estimate of drug-likeness (QED) is 0.565. The Morgan fingerprint density at radius 1 is 1.14 bits per heavy atom. The summed E-state index contributed by atoms with van der Waals surface area (Å²) in [7, 11) is 1.53. The number of carbonyl (C=O) groups is 3. The molecule has 1 aromatic carbocycles. The second kappa shape index (κ2) is 10.6. The second-order valence-electron chi connectivity index (χ2n) is 10.9. The molecule has 1 unspecified atom stereocenters. The van der Waals surface area contributed by atoms with Gasteiger partial charge in [0.05, 0.1) is 24.7 Å². The van der Waals surface area contributed by atoms with Crippen LogP contribution in [0.4, 0.5) is 4.79 Å². The summed E-state index contributed by atoms with van der Waals surface area (Å²) in [4.78, 5) is 48.0. The topological polar surface area (TPSA) is 140 Å². The van der Waals surface area contributed by atoms with Crippen molar-refractivity contribution in [3.05, 3.63) is 23.4 Å². The van der Waals surface area contributed by atoms with Crippen LogP contribution in [0, 0.1) is 5.41 Å². The predicted molar refractivity (Wildman–Crippen MR) is 136 cm³/mol. The largest absolute Gasteiger partial charge is 0.497 e. The molecule has 0 radical (unpaired) electrons. The van der Waals surface area contributed by atoms with E-state index in [2.05, 4.69) is 15.3 Å². The fraction of sp³-hybridized carbons (Fsp3) is 0.560. The van der Waals surface area contributed by atoms with Crippen molar-refractivity contribution in [1.29, 1.82) is 0 Å². The third-order valence-electron chi connectivity index (χ3n) is 5.68. The van der Waals surface area contributed by atoms with E-state index in [-0.39, 0.29) is 24.0 Å². The molecule has 2 aromatic rings. The Hall–Kier alpha value is -3.34. The summed E-state index contributed by atoms with van der Waals surface area (Å²) in [5.74, 6) is -1.16. The molecule has 202 valence electrons. The number of aromatic nitrogens is 2. The van der Waals surface area contributed by atoms with Crippen LogP contribution in [0.2, 0.25) is 5.15 Å². The maximum Gasteiger partial charge on any atom is 0.408 e. The van der Waals surface area contributed by atoms with E-state index >= 15 is 0 Å². The van der Waals surface area contributed by atoms with Crippen molar-refractivity contribution in [3.63, 3.8) is 0 Å². The molecule has 3 rings (SSSR count). The lowest BCUT2D eigenvalue weighted by molar-refractivity contribution is -0.150. The maximum absolute atomic E-state index is 13.6. The highest BCUT2D eigenvalue weighted by atomic mass is 35.5. The molecule has 1 aliphatic heterocycles. The van der Waals surface area contributed by atoms with Crippen LogP contribution >= 0.6 is 11.6 Å². The van der Waals surface area contributed by atoms with Gasteiger partial charge < -0.3 is 29.5 Å². The Morgan fingerprint density at radius 3 is 2.38 bits per heavy atom. The number of aliphatic carboxylic acids is 1. The first-order valence-corrected chi connectivity index (χ1v) is 12.2. The number of nitrogens with zero attached hydrogens (tertiary/aromatic N) is 3. The van der Waals surface area contributed by atoms with E-state index in [4.69, 9.17) is 25.8 Å². The second-order valence-corrected chi connectivity index (χ2v) is 11.3. The van der Waals surface area contributed by atoms with Crippen molar-refractivity contribution < 1.29 is 33.7 Å². The van der Waals surface area contributed by atoms with E-state index < -0.39 is 47.2 Å². The summed E-state index contributed by atoms with van der Waals surface area (Å²) in [6, 6.07) is 2.89. The molecule has 1 aromatic heterocycles. The number of ether oxygens (including phenoxy) is 3. The Bertz CT molecular complexity index is 1190. The molecule has 12 heteroatoms. The van der Waals surface area contributed by atoms with Gasteiger partial charge in [0.25, 0.3) is 5.88 Å². The van der Waals surface area contributed by atoms with Gasteiger partial charge in [-0.2, -0.15) is 0 Å². The molecule has 2 N–H and O–H groups in total. The third-order valence-corrected chi connectivity index (χ3v) is 5.93. The molecule has 0 aliphatic carbocycles. The fourth-order valence-electron chi connectivity index (χ4n) is 3.96. The van der Waals surface area contributed by atoms with Crippen LogP contribution in [0.25, 0.3) is 11.0 Å². The van der Waals surface area contributed by atoms with E-state index in [1.54, 1.807) is 59.7 Å². The number of fused-ring (bicyclic) bond motifs is 1. The van der Waals surface area contributed by atoms with Crippen LogP contribution in [0.15, 0.2) is 18.2 Å². The number of nitrogens with one attached hydrogen (secondary N) is 1. The minimum atomic E-state index is -1.19. The summed E-state index contributed by atoms with van der Waals surface area (Å²) < 4.78 is 16.5. The van der Waals surface area contributed by atoms with E-state index in [9.17, 15) is 19.5 Å². The zero-order valence-corrected chi connectivity index (χ0v) is 22.8. The number of alkyl carbamates (subject to hydrolysis) is 1. The number of hydrogen-bond acceptors (Lipinski definition) is 8. The van der Waals surface area contributed by atoms with Gasteiger partial charge >= 0.3 is 12.1 Å². The van der Waals surface area contributed by atoms with Crippen molar-refractivity contribution in [2.45, 2.75) is 71.8 Å². The summed E-state index contributed by atoms with van der Waals surface area (Å²) in [5, 5.41) is 12.5. The van der Waals surface area contributed by atoms with Crippen LogP contribution in [-0.4, -0.2) is 75.4 Å². The highest BCUT2D eigenvalue weighted by Gasteiger charge is 2.46. The van der Waals surface area contributed by atoms with Gasteiger partial charge in [-0.15, -0.1) is 0 Å². The number of hydrogen-bond donors (Lipinski definition) is 2. The molecular weight excluding hydrogens is 504 g/mol. The van der Waals surface area contributed by atoms with E-state index in [0.717, 1.165) is 0 Å². The molecule has 11 nitrogen and oxygen atoms in total. The molecule has 1 aliphatic rings. The van der Waals surface area contributed by atoms with Crippen LogP contribution in [0.3, 0.4) is 0 Å². The summed E-state index contributed by atoms with van der Waals surface area (Å²) >= 11 is 6.29. The normalized spacial score (nSPS) is 18.9. The highest BCUT2D eigenvalue weighted by Crippen LogP contribution is 2.31. The molecule has 0 spiro atoms. The minimum absolute atomic E-state index is 0.00146. The first-order valence-electron chi connectivity index (χ1n) is 11.8. The number of benzene rings is 1. The number of carboxylic acid groups (broad SMARTS) is 1. The minimum Gasteiger partial charge on any atom is -0.497 e. The molecule has 3 atom stereocenters. The molecule has 1 saturated heterocycles.